The van der Waals surface area contributed by atoms with Gasteiger partial charge in [-0.3, -0.25) is 14.5 Å². The number of amides is 2. The van der Waals surface area contributed by atoms with Gasteiger partial charge in [0.15, 0.2) is 11.5 Å². The van der Waals surface area contributed by atoms with Crippen molar-refractivity contribution in [3.05, 3.63) is 61.4 Å². The number of rotatable bonds is 7. The Balaban J connectivity index is 1.83. The molecule has 2 amide bonds. The van der Waals surface area contributed by atoms with Gasteiger partial charge in [0.2, 0.25) is 0 Å². The summed E-state index contributed by atoms with van der Waals surface area (Å²) in [5.74, 6) is 0.862. The third-order valence-corrected chi connectivity index (χ3v) is 6.83. The van der Waals surface area contributed by atoms with Crippen LogP contribution in [0.15, 0.2) is 50.2 Å². The maximum atomic E-state index is 12.7. The number of methoxy groups -OCH3 is 1. The lowest BCUT2D eigenvalue weighted by atomic mass is 10.1. The van der Waals surface area contributed by atoms with Crippen molar-refractivity contribution in [1.82, 2.24) is 4.90 Å². The van der Waals surface area contributed by atoms with Gasteiger partial charge in [-0.25, -0.2) is 0 Å². The van der Waals surface area contributed by atoms with E-state index in [1.54, 1.807) is 19.3 Å². The molecule has 1 fully saturated rings. The molecule has 1 atom stereocenters. The Kier molecular flexibility index (Phi) is 7.65. The summed E-state index contributed by atoms with van der Waals surface area (Å²) in [6.45, 7) is 4.21. The van der Waals surface area contributed by atoms with Gasteiger partial charge in [-0.05, 0) is 66.6 Å². The summed E-state index contributed by atoms with van der Waals surface area (Å²) in [7, 11) is 1.57. The number of nitrogens with zero attached hydrogens (tertiary/aromatic N) is 1. The maximum absolute atomic E-state index is 12.7. The normalized spacial score (nSPS) is 16.3. The van der Waals surface area contributed by atoms with Crippen molar-refractivity contribution in [2.45, 2.75) is 32.9 Å². The number of hydrogen-bond donors (Lipinski definition) is 0. The van der Waals surface area contributed by atoms with Crippen LogP contribution >= 0.6 is 43.6 Å². The lowest BCUT2D eigenvalue weighted by Gasteiger charge is -2.19. The number of benzene rings is 2. The molecule has 1 saturated heterocycles. The molecule has 5 nitrogen and oxygen atoms in total. The molecule has 0 saturated carbocycles. The number of halogens is 2. The van der Waals surface area contributed by atoms with Crippen LogP contribution in [0.3, 0.4) is 0 Å². The van der Waals surface area contributed by atoms with Gasteiger partial charge in [-0.15, -0.1) is 0 Å². The molecule has 0 bridgehead atoms. The van der Waals surface area contributed by atoms with Crippen molar-refractivity contribution >= 4 is 60.8 Å². The molecule has 8 heteroatoms. The first-order chi connectivity index (χ1) is 14.3. The van der Waals surface area contributed by atoms with Gasteiger partial charge < -0.3 is 9.47 Å². The van der Waals surface area contributed by atoms with Gasteiger partial charge in [0.1, 0.15) is 6.61 Å². The van der Waals surface area contributed by atoms with E-state index in [0.29, 0.717) is 29.4 Å². The van der Waals surface area contributed by atoms with E-state index < -0.39 is 0 Å². The number of ether oxygens (including phenoxy) is 2. The molecule has 0 spiro atoms. The summed E-state index contributed by atoms with van der Waals surface area (Å²) in [6.07, 6.45) is 2.42. The van der Waals surface area contributed by atoms with E-state index in [4.69, 9.17) is 9.47 Å². The Hall–Kier alpha value is -1.77. The summed E-state index contributed by atoms with van der Waals surface area (Å²) in [4.78, 5) is 26.6. The molecule has 0 N–H and O–H groups in total. The van der Waals surface area contributed by atoms with Crippen molar-refractivity contribution in [3.63, 3.8) is 0 Å². The highest BCUT2D eigenvalue weighted by molar-refractivity contribution is 9.10. The number of hydrogen-bond acceptors (Lipinski definition) is 5. The molecule has 0 unspecified atom stereocenters. The van der Waals surface area contributed by atoms with E-state index in [0.717, 1.165) is 31.8 Å². The molecular formula is C22H21Br2NO4S. The molecular weight excluding hydrogens is 534 g/mol. The average Bonchev–Trinajstić information content (AvgIpc) is 3.01. The summed E-state index contributed by atoms with van der Waals surface area (Å²) in [5, 5.41) is -0.238. The molecule has 1 heterocycles. The Labute approximate surface area is 197 Å². The van der Waals surface area contributed by atoms with Crippen LogP contribution in [0.2, 0.25) is 0 Å². The van der Waals surface area contributed by atoms with Crippen LogP contribution in [0, 0.1) is 0 Å². The molecule has 0 radical (unpaired) electrons. The minimum absolute atomic E-state index is 0.129. The van der Waals surface area contributed by atoms with E-state index in [-0.39, 0.29) is 17.2 Å². The van der Waals surface area contributed by atoms with Crippen LogP contribution in [0.4, 0.5) is 4.79 Å². The van der Waals surface area contributed by atoms with E-state index >= 15 is 0 Å². The largest absolute Gasteiger partial charge is 0.493 e. The second-order valence-corrected chi connectivity index (χ2v) is 9.51. The smallest absolute Gasteiger partial charge is 0.293 e. The zero-order valence-electron chi connectivity index (χ0n) is 16.8. The van der Waals surface area contributed by atoms with Gasteiger partial charge in [-0.2, -0.15) is 0 Å². The summed E-state index contributed by atoms with van der Waals surface area (Å²) < 4.78 is 13.2. The second-order valence-electron chi connectivity index (χ2n) is 6.75. The van der Waals surface area contributed by atoms with Crippen LogP contribution in [0.1, 0.15) is 31.4 Å². The Morgan fingerprint density at radius 3 is 2.47 bits per heavy atom. The molecule has 0 aromatic heterocycles. The number of imide groups is 1. The van der Waals surface area contributed by atoms with E-state index in [1.165, 1.54) is 4.90 Å². The van der Waals surface area contributed by atoms with Crippen LogP contribution in [-0.2, 0) is 11.4 Å². The molecule has 0 aliphatic carbocycles. The second kappa shape index (κ2) is 10.0. The summed E-state index contributed by atoms with van der Waals surface area (Å²) >= 11 is 7.92. The first kappa shape index (κ1) is 22.9. The molecule has 3 rings (SSSR count). The fourth-order valence-corrected chi connectivity index (χ4v) is 4.48. The fourth-order valence-electron chi connectivity index (χ4n) is 2.86. The fraction of sp³-hybridized carbons (Fsp3) is 0.273. The van der Waals surface area contributed by atoms with Crippen molar-refractivity contribution in [2.24, 2.45) is 0 Å². The zero-order chi connectivity index (χ0) is 21.8. The van der Waals surface area contributed by atoms with Crippen LogP contribution in [-0.4, -0.2) is 29.2 Å². The Morgan fingerprint density at radius 1 is 1.13 bits per heavy atom. The standard InChI is InChI=1S/C22H21Br2NO4S/c1-4-13(2)25-21(26)20(30-22(25)27)10-15-9-18(28-3)19(11-17(15)24)29-12-14-5-7-16(23)8-6-14/h5-11,13H,4,12H2,1-3H3/b20-10+/t13-/m0/s1. The highest BCUT2D eigenvalue weighted by Crippen LogP contribution is 2.39. The van der Waals surface area contributed by atoms with Crippen LogP contribution in [0.5, 0.6) is 11.5 Å². The molecule has 158 valence electrons. The first-order valence-corrected chi connectivity index (χ1v) is 11.8. The highest BCUT2D eigenvalue weighted by atomic mass is 79.9. The minimum Gasteiger partial charge on any atom is -0.493 e. The monoisotopic (exact) mass is 553 g/mol. The highest BCUT2D eigenvalue weighted by Gasteiger charge is 2.37. The van der Waals surface area contributed by atoms with E-state index in [1.807, 2.05) is 44.2 Å². The summed E-state index contributed by atoms with van der Waals surface area (Å²) in [6, 6.07) is 11.3. The van der Waals surface area contributed by atoms with Crippen molar-refractivity contribution in [2.75, 3.05) is 7.11 Å². The summed E-state index contributed by atoms with van der Waals surface area (Å²) in [5.41, 5.74) is 1.76. The predicted octanol–water partition coefficient (Wildman–Crippen LogP) is 6.63. The third kappa shape index (κ3) is 5.10. The van der Waals surface area contributed by atoms with Gasteiger partial charge in [-0.1, -0.05) is 50.9 Å². The van der Waals surface area contributed by atoms with Crippen molar-refractivity contribution in [3.8, 4) is 11.5 Å². The van der Waals surface area contributed by atoms with Crippen molar-refractivity contribution < 1.29 is 19.1 Å². The van der Waals surface area contributed by atoms with Gasteiger partial charge >= 0.3 is 0 Å². The zero-order valence-corrected chi connectivity index (χ0v) is 20.8. The quantitative estimate of drug-likeness (QED) is 0.359. The van der Waals surface area contributed by atoms with Gasteiger partial charge in [0.05, 0.1) is 12.0 Å². The number of carbonyl (C=O) groups is 2. The van der Waals surface area contributed by atoms with Crippen molar-refractivity contribution in [1.29, 1.82) is 0 Å². The Bertz CT molecular complexity index is 991. The van der Waals surface area contributed by atoms with Gasteiger partial charge in [0.25, 0.3) is 11.1 Å². The molecule has 30 heavy (non-hydrogen) atoms. The van der Waals surface area contributed by atoms with Crippen LogP contribution in [0.25, 0.3) is 6.08 Å². The molecule has 2 aromatic rings. The van der Waals surface area contributed by atoms with E-state index in [9.17, 15) is 9.59 Å². The number of thioether (sulfide) groups is 1. The predicted molar refractivity (Wildman–Crippen MR) is 127 cm³/mol. The minimum atomic E-state index is -0.263. The molecule has 1 aliphatic rings. The SMILES string of the molecule is CC[C@H](C)N1C(=O)S/C(=C/c2cc(OC)c(OCc3ccc(Br)cc3)cc2Br)C1=O. The first-order valence-electron chi connectivity index (χ1n) is 9.35. The molecule has 1 aliphatic heterocycles. The van der Waals surface area contributed by atoms with Gasteiger partial charge in [0, 0.05) is 15.0 Å². The number of carbonyl (C=O) groups excluding carboxylic acids is 2. The van der Waals surface area contributed by atoms with Crippen LogP contribution < -0.4 is 9.47 Å². The lowest BCUT2D eigenvalue weighted by Crippen LogP contribution is -2.36. The topological polar surface area (TPSA) is 55.8 Å². The van der Waals surface area contributed by atoms with E-state index in [2.05, 4.69) is 31.9 Å². The third-order valence-electron chi connectivity index (χ3n) is 4.73. The maximum Gasteiger partial charge on any atom is 0.293 e. The molecule has 2 aromatic carbocycles. The lowest BCUT2D eigenvalue weighted by molar-refractivity contribution is -0.124. The average molecular weight is 555 g/mol. The Morgan fingerprint density at radius 2 is 1.83 bits per heavy atom.